The van der Waals surface area contributed by atoms with Crippen LogP contribution in [0.1, 0.15) is 18.4 Å². The summed E-state index contributed by atoms with van der Waals surface area (Å²) in [6, 6.07) is 3.99. The standard InChI is InChI=1S/C11H14N2O/c14-8-5-10-3-4-11(12-9-10)13-6-1-2-7-13/h3-4,8-9H,1-2,5-7H2. The number of carbonyl (C=O) groups is 1. The van der Waals surface area contributed by atoms with Gasteiger partial charge in [0.15, 0.2) is 0 Å². The molecular formula is C11H14N2O. The average molecular weight is 190 g/mol. The Morgan fingerprint density at radius 2 is 2.14 bits per heavy atom. The Labute approximate surface area is 83.8 Å². The molecule has 0 radical (unpaired) electrons. The molecule has 0 amide bonds. The maximum atomic E-state index is 10.3. The van der Waals surface area contributed by atoms with Gasteiger partial charge in [-0.1, -0.05) is 6.07 Å². The second-order valence-electron chi connectivity index (χ2n) is 3.59. The van der Waals surface area contributed by atoms with Gasteiger partial charge in [0.05, 0.1) is 0 Å². The molecule has 0 atom stereocenters. The van der Waals surface area contributed by atoms with Crippen molar-refractivity contribution < 1.29 is 4.79 Å². The molecule has 0 aliphatic carbocycles. The predicted octanol–water partition coefficient (Wildman–Crippen LogP) is 1.42. The minimum absolute atomic E-state index is 0.466. The average Bonchev–Trinajstić information content (AvgIpc) is 2.72. The maximum absolute atomic E-state index is 10.3. The van der Waals surface area contributed by atoms with Crippen LogP contribution >= 0.6 is 0 Å². The van der Waals surface area contributed by atoms with Crippen molar-refractivity contribution in [3.8, 4) is 0 Å². The van der Waals surface area contributed by atoms with Crippen molar-refractivity contribution in [3.63, 3.8) is 0 Å². The van der Waals surface area contributed by atoms with E-state index >= 15 is 0 Å². The van der Waals surface area contributed by atoms with E-state index in [1.807, 2.05) is 12.1 Å². The summed E-state index contributed by atoms with van der Waals surface area (Å²) in [5, 5.41) is 0. The van der Waals surface area contributed by atoms with E-state index in [-0.39, 0.29) is 0 Å². The zero-order valence-corrected chi connectivity index (χ0v) is 8.15. The number of nitrogens with zero attached hydrogens (tertiary/aromatic N) is 2. The number of hydrogen-bond acceptors (Lipinski definition) is 3. The molecule has 0 saturated carbocycles. The number of aldehydes is 1. The Morgan fingerprint density at radius 1 is 1.36 bits per heavy atom. The van der Waals surface area contributed by atoms with Crippen LogP contribution in [-0.2, 0) is 11.2 Å². The zero-order chi connectivity index (χ0) is 9.80. The Balaban J connectivity index is 2.08. The first-order valence-electron chi connectivity index (χ1n) is 5.03. The van der Waals surface area contributed by atoms with Gasteiger partial charge in [0.1, 0.15) is 12.1 Å². The molecule has 0 N–H and O–H groups in total. The number of hydrogen-bond donors (Lipinski definition) is 0. The van der Waals surface area contributed by atoms with E-state index in [1.54, 1.807) is 6.20 Å². The molecule has 3 nitrogen and oxygen atoms in total. The molecule has 0 unspecified atom stereocenters. The first-order chi connectivity index (χ1) is 6.90. The molecule has 2 rings (SSSR count). The van der Waals surface area contributed by atoms with Crippen molar-refractivity contribution in [2.75, 3.05) is 18.0 Å². The van der Waals surface area contributed by atoms with Crippen LogP contribution in [0.25, 0.3) is 0 Å². The molecule has 74 valence electrons. The van der Waals surface area contributed by atoms with E-state index in [2.05, 4.69) is 9.88 Å². The molecule has 1 aliphatic rings. The number of rotatable bonds is 3. The van der Waals surface area contributed by atoms with Crippen molar-refractivity contribution in [2.45, 2.75) is 19.3 Å². The molecule has 1 aliphatic heterocycles. The summed E-state index contributed by atoms with van der Waals surface area (Å²) in [5.41, 5.74) is 0.989. The lowest BCUT2D eigenvalue weighted by Crippen LogP contribution is -2.18. The summed E-state index contributed by atoms with van der Waals surface area (Å²) in [7, 11) is 0. The van der Waals surface area contributed by atoms with Crippen LogP contribution in [0, 0.1) is 0 Å². The van der Waals surface area contributed by atoms with Gasteiger partial charge in [-0.2, -0.15) is 0 Å². The Morgan fingerprint density at radius 3 is 2.71 bits per heavy atom. The third-order valence-corrected chi connectivity index (χ3v) is 2.56. The molecule has 2 heterocycles. The third-order valence-electron chi connectivity index (χ3n) is 2.56. The normalized spacial score (nSPS) is 15.9. The summed E-state index contributed by atoms with van der Waals surface area (Å²) < 4.78 is 0. The lowest BCUT2D eigenvalue weighted by Gasteiger charge is -2.15. The van der Waals surface area contributed by atoms with Crippen molar-refractivity contribution in [2.24, 2.45) is 0 Å². The summed E-state index contributed by atoms with van der Waals surface area (Å²) >= 11 is 0. The van der Waals surface area contributed by atoms with E-state index in [0.29, 0.717) is 6.42 Å². The number of pyridine rings is 1. The summed E-state index contributed by atoms with van der Waals surface area (Å²) in [5.74, 6) is 1.04. The first kappa shape index (κ1) is 9.19. The summed E-state index contributed by atoms with van der Waals surface area (Å²) in [4.78, 5) is 16.9. The Bertz CT molecular complexity index is 302. The van der Waals surface area contributed by atoms with Crippen molar-refractivity contribution in [1.82, 2.24) is 4.98 Å². The number of carbonyl (C=O) groups excluding carboxylic acids is 1. The van der Waals surface area contributed by atoms with Crippen molar-refractivity contribution >= 4 is 12.1 Å². The second kappa shape index (κ2) is 4.22. The van der Waals surface area contributed by atoms with Gasteiger partial charge < -0.3 is 9.69 Å². The zero-order valence-electron chi connectivity index (χ0n) is 8.15. The summed E-state index contributed by atoms with van der Waals surface area (Å²) in [6.07, 6.45) is 5.69. The fourth-order valence-electron chi connectivity index (χ4n) is 1.77. The molecule has 3 heteroatoms. The molecule has 1 fully saturated rings. The lowest BCUT2D eigenvalue weighted by molar-refractivity contribution is -0.107. The van der Waals surface area contributed by atoms with Gasteiger partial charge in [-0.15, -0.1) is 0 Å². The van der Waals surface area contributed by atoms with Crippen LogP contribution in [0.2, 0.25) is 0 Å². The topological polar surface area (TPSA) is 33.2 Å². The predicted molar refractivity (Wildman–Crippen MR) is 55.5 cm³/mol. The van der Waals surface area contributed by atoms with Gasteiger partial charge in [-0.3, -0.25) is 0 Å². The molecule has 0 bridgehead atoms. The van der Waals surface area contributed by atoms with Crippen LogP contribution in [0.3, 0.4) is 0 Å². The minimum Gasteiger partial charge on any atom is -0.357 e. The highest BCUT2D eigenvalue weighted by molar-refractivity contribution is 5.55. The van der Waals surface area contributed by atoms with E-state index < -0.39 is 0 Å². The van der Waals surface area contributed by atoms with Crippen LogP contribution < -0.4 is 4.90 Å². The molecule has 0 spiro atoms. The molecule has 0 aromatic carbocycles. The quantitative estimate of drug-likeness (QED) is 0.676. The van der Waals surface area contributed by atoms with Crippen LogP contribution in [0.4, 0.5) is 5.82 Å². The van der Waals surface area contributed by atoms with Crippen LogP contribution in [0.5, 0.6) is 0 Å². The van der Waals surface area contributed by atoms with E-state index in [1.165, 1.54) is 12.8 Å². The molecule has 1 aromatic rings. The fraction of sp³-hybridized carbons (Fsp3) is 0.455. The van der Waals surface area contributed by atoms with Crippen molar-refractivity contribution in [1.29, 1.82) is 0 Å². The Hall–Kier alpha value is -1.38. The van der Waals surface area contributed by atoms with Gasteiger partial charge in [0.2, 0.25) is 0 Å². The molecule has 1 saturated heterocycles. The van der Waals surface area contributed by atoms with Crippen molar-refractivity contribution in [3.05, 3.63) is 23.9 Å². The van der Waals surface area contributed by atoms with Crippen LogP contribution in [0.15, 0.2) is 18.3 Å². The highest BCUT2D eigenvalue weighted by Gasteiger charge is 2.12. The molecular weight excluding hydrogens is 176 g/mol. The SMILES string of the molecule is O=CCc1ccc(N2CCCC2)nc1. The van der Waals surface area contributed by atoms with Gasteiger partial charge in [-0.25, -0.2) is 4.98 Å². The Kier molecular flexibility index (Phi) is 2.77. The minimum atomic E-state index is 0.466. The highest BCUT2D eigenvalue weighted by Crippen LogP contribution is 2.17. The third kappa shape index (κ3) is 1.92. The van der Waals surface area contributed by atoms with Gasteiger partial charge in [0, 0.05) is 25.7 Å². The number of aromatic nitrogens is 1. The number of anilines is 1. The fourth-order valence-corrected chi connectivity index (χ4v) is 1.77. The maximum Gasteiger partial charge on any atom is 0.128 e. The van der Waals surface area contributed by atoms with Gasteiger partial charge in [-0.05, 0) is 24.5 Å². The first-order valence-corrected chi connectivity index (χ1v) is 5.03. The van der Waals surface area contributed by atoms with E-state index in [4.69, 9.17) is 0 Å². The molecule has 1 aromatic heterocycles. The van der Waals surface area contributed by atoms with Gasteiger partial charge >= 0.3 is 0 Å². The largest absolute Gasteiger partial charge is 0.357 e. The van der Waals surface area contributed by atoms with E-state index in [9.17, 15) is 4.79 Å². The smallest absolute Gasteiger partial charge is 0.128 e. The second-order valence-corrected chi connectivity index (χ2v) is 3.59. The molecule has 14 heavy (non-hydrogen) atoms. The lowest BCUT2D eigenvalue weighted by atomic mass is 10.2. The summed E-state index contributed by atoms with van der Waals surface area (Å²) in [6.45, 7) is 2.22. The van der Waals surface area contributed by atoms with E-state index in [0.717, 1.165) is 30.8 Å². The monoisotopic (exact) mass is 190 g/mol. The van der Waals surface area contributed by atoms with Gasteiger partial charge in [0.25, 0.3) is 0 Å². The van der Waals surface area contributed by atoms with Crippen LogP contribution in [-0.4, -0.2) is 24.4 Å². The highest BCUT2D eigenvalue weighted by atomic mass is 16.1.